The third kappa shape index (κ3) is 2.83. The molecular formula is C11H9Br2NO2. The fourth-order valence-corrected chi connectivity index (χ4v) is 2.15. The summed E-state index contributed by atoms with van der Waals surface area (Å²) in [5, 5.41) is 9.41. The van der Waals surface area contributed by atoms with Crippen LogP contribution in [0.2, 0.25) is 0 Å². The molecule has 0 atom stereocenters. The normalized spacial score (nSPS) is 9.62. The van der Waals surface area contributed by atoms with Crippen molar-refractivity contribution in [3.8, 4) is 6.07 Å². The maximum atomic E-state index is 11.6. The van der Waals surface area contributed by atoms with Crippen molar-refractivity contribution < 1.29 is 9.53 Å². The quantitative estimate of drug-likeness (QED) is 0.622. The van der Waals surface area contributed by atoms with E-state index >= 15 is 0 Å². The van der Waals surface area contributed by atoms with E-state index < -0.39 is 5.97 Å². The van der Waals surface area contributed by atoms with Gasteiger partial charge in [-0.25, -0.2) is 4.79 Å². The number of nitrogens with zero attached hydrogens (tertiary/aromatic N) is 1. The van der Waals surface area contributed by atoms with Gasteiger partial charge >= 0.3 is 5.97 Å². The first kappa shape index (κ1) is 13.2. The van der Waals surface area contributed by atoms with E-state index in [1.807, 2.05) is 6.07 Å². The van der Waals surface area contributed by atoms with Crippen molar-refractivity contribution in [1.82, 2.24) is 0 Å². The Hall–Kier alpha value is -0.860. The Labute approximate surface area is 111 Å². The van der Waals surface area contributed by atoms with Gasteiger partial charge in [-0.15, -0.1) is 0 Å². The minimum absolute atomic E-state index is 0.318. The second-order valence-corrected chi connectivity index (χ2v) is 4.37. The number of carbonyl (C=O) groups excluding carboxylic acids is 1. The Morgan fingerprint density at radius 1 is 1.56 bits per heavy atom. The van der Waals surface area contributed by atoms with E-state index in [0.717, 1.165) is 5.56 Å². The topological polar surface area (TPSA) is 50.1 Å². The van der Waals surface area contributed by atoms with Crippen LogP contribution in [-0.2, 0) is 10.1 Å². The van der Waals surface area contributed by atoms with Crippen LogP contribution in [0.15, 0.2) is 16.6 Å². The molecule has 0 unspecified atom stereocenters. The summed E-state index contributed by atoms with van der Waals surface area (Å²) in [6.07, 6.45) is 0. The first-order valence-electron chi connectivity index (χ1n) is 4.59. The second kappa shape index (κ2) is 6.02. The van der Waals surface area contributed by atoms with Gasteiger partial charge in [-0.05, 0) is 40.5 Å². The molecule has 0 aliphatic rings. The summed E-state index contributed by atoms with van der Waals surface area (Å²) >= 11 is 6.57. The standard InChI is InChI=1S/C11H9Br2NO2/c1-2-16-11(15)9-3-8(6-14)10(13)4-7(9)5-12/h3-4H,2,5H2,1H3. The molecular weight excluding hydrogens is 338 g/mol. The zero-order chi connectivity index (χ0) is 12.1. The second-order valence-electron chi connectivity index (χ2n) is 2.96. The first-order chi connectivity index (χ1) is 7.63. The van der Waals surface area contributed by atoms with Gasteiger partial charge in [0.1, 0.15) is 6.07 Å². The van der Waals surface area contributed by atoms with Gasteiger partial charge in [0.25, 0.3) is 0 Å². The van der Waals surface area contributed by atoms with Gasteiger partial charge in [-0.1, -0.05) is 15.9 Å². The summed E-state index contributed by atoms with van der Waals surface area (Å²) in [4.78, 5) is 11.6. The Bertz CT molecular complexity index is 452. The number of rotatable bonds is 3. The van der Waals surface area contributed by atoms with E-state index in [4.69, 9.17) is 10.00 Å². The van der Waals surface area contributed by atoms with Crippen LogP contribution in [0.4, 0.5) is 0 Å². The molecule has 0 bridgehead atoms. The number of carbonyl (C=O) groups is 1. The Kier molecular flexibility index (Phi) is 4.97. The molecule has 5 heteroatoms. The van der Waals surface area contributed by atoms with Crippen molar-refractivity contribution in [2.24, 2.45) is 0 Å². The maximum absolute atomic E-state index is 11.6. The SMILES string of the molecule is CCOC(=O)c1cc(C#N)c(Br)cc1CBr. The smallest absolute Gasteiger partial charge is 0.338 e. The summed E-state index contributed by atoms with van der Waals surface area (Å²) in [5.74, 6) is -0.402. The number of alkyl halides is 1. The molecule has 0 aromatic heterocycles. The van der Waals surface area contributed by atoms with Crippen molar-refractivity contribution >= 4 is 37.8 Å². The Balaban J connectivity index is 3.26. The number of hydrogen-bond acceptors (Lipinski definition) is 3. The van der Waals surface area contributed by atoms with Crippen molar-refractivity contribution in [3.05, 3.63) is 33.3 Å². The third-order valence-electron chi connectivity index (χ3n) is 1.95. The van der Waals surface area contributed by atoms with Gasteiger partial charge in [-0.2, -0.15) is 5.26 Å². The summed E-state index contributed by atoms with van der Waals surface area (Å²) < 4.78 is 5.60. The molecule has 0 N–H and O–H groups in total. The molecule has 0 spiro atoms. The number of ether oxygens (including phenoxy) is 1. The van der Waals surface area contributed by atoms with E-state index in [-0.39, 0.29) is 0 Å². The summed E-state index contributed by atoms with van der Waals surface area (Å²) in [6, 6.07) is 5.30. The van der Waals surface area contributed by atoms with Gasteiger partial charge in [-0.3, -0.25) is 0 Å². The van der Waals surface area contributed by atoms with Gasteiger partial charge < -0.3 is 4.74 Å². The molecule has 0 amide bonds. The lowest BCUT2D eigenvalue weighted by atomic mass is 10.1. The lowest BCUT2D eigenvalue weighted by Crippen LogP contribution is -2.08. The minimum Gasteiger partial charge on any atom is -0.462 e. The number of nitriles is 1. The molecule has 0 saturated carbocycles. The monoisotopic (exact) mass is 345 g/mol. The van der Waals surface area contributed by atoms with Gasteiger partial charge in [0.15, 0.2) is 0 Å². The highest BCUT2D eigenvalue weighted by Crippen LogP contribution is 2.24. The maximum Gasteiger partial charge on any atom is 0.338 e. The molecule has 1 aromatic rings. The van der Waals surface area contributed by atoms with E-state index in [9.17, 15) is 4.79 Å². The van der Waals surface area contributed by atoms with Gasteiger partial charge in [0.05, 0.1) is 17.7 Å². The van der Waals surface area contributed by atoms with E-state index in [1.165, 1.54) is 0 Å². The first-order valence-corrected chi connectivity index (χ1v) is 6.51. The average Bonchev–Trinajstić information content (AvgIpc) is 2.28. The Morgan fingerprint density at radius 3 is 2.75 bits per heavy atom. The highest BCUT2D eigenvalue weighted by atomic mass is 79.9. The van der Waals surface area contributed by atoms with Crippen molar-refractivity contribution in [2.75, 3.05) is 6.61 Å². The van der Waals surface area contributed by atoms with Crippen LogP contribution in [0.5, 0.6) is 0 Å². The summed E-state index contributed by atoms with van der Waals surface area (Å²) in [7, 11) is 0. The number of halogens is 2. The molecule has 0 saturated heterocycles. The van der Waals surface area contributed by atoms with E-state index in [0.29, 0.717) is 27.5 Å². The largest absolute Gasteiger partial charge is 0.462 e. The Morgan fingerprint density at radius 2 is 2.25 bits per heavy atom. The van der Waals surface area contributed by atoms with Crippen LogP contribution < -0.4 is 0 Å². The van der Waals surface area contributed by atoms with Crippen LogP contribution in [0, 0.1) is 11.3 Å². The minimum atomic E-state index is -0.402. The number of esters is 1. The fourth-order valence-electron chi connectivity index (χ4n) is 1.21. The predicted molar refractivity (Wildman–Crippen MR) is 67.4 cm³/mol. The number of hydrogen-bond donors (Lipinski definition) is 0. The fraction of sp³-hybridized carbons (Fsp3) is 0.273. The summed E-state index contributed by atoms with van der Waals surface area (Å²) in [6.45, 7) is 2.06. The molecule has 0 aliphatic carbocycles. The predicted octanol–water partition coefficient (Wildman–Crippen LogP) is 3.39. The molecule has 1 aromatic carbocycles. The van der Waals surface area contributed by atoms with Crippen LogP contribution in [0.25, 0.3) is 0 Å². The molecule has 84 valence electrons. The van der Waals surface area contributed by atoms with Crippen molar-refractivity contribution in [1.29, 1.82) is 5.26 Å². The lowest BCUT2D eigenvalue weighted by Gasteiger charge is -2.08. The molecule has 1 rings (SSSR count). The third-order valence-corrected chi connectivity index (χ3v) is 3.21. The molecule has 0 fully saturated rings. The average molecular weight is 347 g/mol. The highest BCUT2D eigenvalue weighted by molar-refractivity contribution is 9.10. The van der Waals surface area contributed by atoms with Crippen LogP contribution >= 0.6 is 31.9 Å². The van der Waals surface area contributed by atoms with Gasteiger partial charge in [0, 0.05) is 9.80 Å². The van der Waals surface area contributed by atoms with Crippen molar-refractivity contribution in [3.63, 3.8) is 0 Å². The molecule has 0 radical (unpaired) electrons. The van der Waals surface area contributed by atoms with Crippen molar-refractivity contribution in [2.45, 2.75) is 12.3 Å². The zero-order valence-electron chi connectivity index (χ0n) is 8.59. The van der Waals surface area contributed by atoms with Crippen LogP contribution in [-0.4, -0.2) is 12.6 Å². The van der Waals surface area contributed by atoms with Crippen LogP contribution in [0.1, 0.15) is 28.4 Å². The molecule has 3 nitrogen and oxygen atoms in total. The molecule has 0 aliphatic heterocycles. The number of benzene rings is 1. The van der Waals surface area contributed by atoms with E-state index in [1.54, 1.807) is 19.1 Å². The zero-order valence-corrected chi connectivity index (χ0v) is 11.8. The molecule has 16 heavy (non-hydrogen) atoms. The highest BCUT2D eigenvalue weighted by Gasteiger charge is 2.15. The van der Waals surface area contributed by atoms with Gasteiger partial charge in [0.2, 0.25) is 0 Å². The van der Waals surface area contributed by atoms with E-state index in [2.05, 4.69) is 31.9 Å². The lowest BCUT2D eigenvalue weighted by molar-refractivity contribution is 0.0525. The van der Waals surface area contributed by atoms with Crippen LogP contribution in [0.3, 0.4) is 0 Å². The molecule has 0 heterocycles. The summed E-state index contributed by atoms with van der Waals surface area (Å²) in [5.41, 5.74) is 1.65.